The topological polar surface area (TPSA) is 35.5 Å². The number of hydrogen-bond donors (Lipinski definition) is 0. The molecule has 0 aliphatic rings. The van der Waals surface area contributed by atoms with Crippen LogP contribution in [0.1, 0.15) is 26.7 Å². The molecule has 0 heterocycles. The van der Waals surface area contributed by atoms with Crippen LogP contribution in [-0.4, -0.2) is 32.7 Å². The lowest BCUT2D eigenvalue weighted by Crippen LogP contribution is -2.09. The molecule has 0 rings (SSSR count). The van der Waals surface area contributed by atoms with Crippen molar-refractivity contribution in [2.45, 2.75) is 26.7 Å². The molecule has 0 aromatic carbocycles. The van der Waals surface area contributed by atoms with Crippen LogP contribution in [0.3, 0.4) is 0 Å². The van der Waals surface area contributed by atoms with Crippen LogP contribution >= 0.6 is 0 Å². The first-order valence-electron chi connectivity index (χ1n) is 4.75. The minimum absolute atomic E-state index is 0.149. The summed E-state index contributed by atoms with van der Waals surface area (Å²) in [5.74, 6) is 0.713. The Labute approximate surface area is 80.4 Å². The van der Waals surface area contributed by atoms with Gasteiger partial charge in [0.1, 0.15) is 6.61 Å². The Hall–Kier alpha value is -0.410. The van der Waals surface area contributed by atoms with Crippen LogP contribution in [-0.2, 0) is 14.3 Å². The Bertz CT molecular complexity index is 132. The van der Waals surface area contributed by atoms with E-state index in [-0.39, 0.29) is 12.4 Å². The van der Waals surface area contributed by atoms with Crippen LogP contribution in [0.15, 0.2) is 0 Å². The third-order valence-corrected chi connectivity index (χ3v) is 1.50. The molecule has 0 aromatic rings. The van der Waals surface area contributed by atoms with Gasteiger partial charge in [-0.15, -0.1) is 0 Å². The zero-order valence-electron chi connectivity index (χ0n) is 8.84. The van der Waals surface area contributed by atoms with Gasteiger partial charge >= 0.3 is 0 Å². The number of rotatable bonds is 8. The summed E-state index contributed by atoms with van der Waals surface area (Å²) in [7, 11) is 1.53. The number of carbonyl (C=O) groups is 1. The van der Waals surface area contributed by atoms with Gasteiger partial charge in [0.2, 0.25) is 0 Å². The van der Waals surface area contributed by atoms with Gasteiger partial charge in [-0.05, 0) is 12.3 Å². The molecular weight excluding hydrogens is 168 g/mol. The van der Waals surface area contributed by atoms with Crippen molar-refractivity contribution >= 4 is 5.78 Å². The van der Waals surface area contributed by atoms with Gasteiger partial charge in [0.15, 0.2) is 5.78 Å². The van der Waals surface area contributed by atoms with Gasteiger partial charge in [-0.3, -0.25) is 4.79 Å². The lowest BCUT2D eigenvalue weighted by Gasteiger charge is -2.05. The number of carbonyl (C=O) groups excluding carboxylic acids is 1. The minimum atomic E-state index is 0.149. The van der Waals surface area contributed by atoms with Gasteiger partial charge in [0.05, 0.1) is 0 Å². The summed E-state index contributed by atoms with van der Waals surface area (Å²) in [6.45, 7) is 5.89. The first-order chi connectivity index (χ1) is 6.16. The molecular formula is C10H20O3. The second kappa shape index (κ2) is 8.20. The summed E-state index contributed by atoms with van der Waals surface area (Å²) in [6, 6.07) is 0. The molecule has 0 saturated heterocycles. The molecule has 0 unspecified atom stereocenters. The largest absolute Gasteiger partial charge is 0.381 e. The molecule has 0 saturated carbocycles. The summed E-state index contributed by atoms with van der Waals surface area (Å²) in [6.07, 6.45) is 1.36. The third kappa shape index (κ3) is 9.50. The molecule has 0 radical (unpaired) electrons. The summed E-state index contributed by atoms with van der Waals surface area (Å²) >= 11 is 0. The second-order valence-electron chi connectivity index (χ2n) is 3.54. The van der Waals surface area contributed by atoms with E-state index >= 15 is 0 Å². The van der Waals surface area contributed by atoms with Gasteiger partial charge in [0, 0.05) is 26.7 Å². The third-order valence-electron chi connectivity index (χ3n) is 1.50. The molecule has 3 heteroatoms. The second-order valence-corrected chi connectivity index (χ2v) is 3.54. The molecule has 0 amide bonds. The molecule has 0 N–H and O–H groups in total. The number of Topliss-reactive ketones (excluding diaryl/α,β-unsaturated/α-hetero) is 1. The molecule has 0 aromatic heterocycles. The van der Waals surface area contributed by atoms with Crippen molar-refractivity contribution in [3.8, 4) is 0 Å². The minimum Gasteiger partial charge on any atom is -0.381 e. The molecule has 0 fully saturated rings. The zero-order valence-corrected chi connectivity index (χ0v) is 8.84. The first-order valence-corrected chi connectivity index (χ1v) is 4.75. The normalized spacial score (nSPS) is 10.8. The van der Waals surface area contributed by atoms with Crippen molar-refractivity contribution in [3.63, 3.8) is 0 Å². The van der Waals surface area contributed by atoms with Gasteiger partial charge < -0.3 is 9.47 Å². The van der Waals surface area contributed by atoms with Crippen LogP contribution < -0.4 is 0 Å². The van der Waals surface area contributed by atoms with Gasteiger partial charge in [-0.2, -0.15) is 0 Å². The smallest absolute Gasteiger partial charge is 0.158 e. The predicted molar refractivity (Wildman–Crippen MR) is 51.8 cm³/mol. The van der Waals surface area contributed by atoms with E-state index in [1.54, 1.807) is 0 Å². The lowest BCUT2D eigenvalue weighted by atomic mass is 10.2. The fraction of sp³-hybridized carbons (Fsp3) is 0.900. The average molecular weight is 188 g/mol. The molecule has 13 heavy (non-hydrogen) atoms. The molecule has 0 aliphatic carbocycles. The highest BCUT2D eigenvalue weighted by Crippen LogP contribution is 1.96. The van der Waals surface area contributed by atoms with Crippen molar-refractivity contribution in [2.24, 2.45) is 5.92 Å². The van der Waals surface area contributed by atoms with E-state index in [0.29, 0.717) is 18.9 Å². The maximum atomic E-state index is 11.0. The van der Waals surface area contributed by atoms with Crippen LogP contribution in [0.25, 0.3) is 0 Å². The van der Waals surface area contributed by atoms with Gasteiger partial charge in [-0.25, -0.2) is 0 Å². The monoisotopic (exact) mass is 188 g/mol. The Kier molecular flexibility index (Phi) is 7.94. The molecule has 0 aliphatic heterocycles. The van der Waals surface area contributed by atoms with E-state index in [0.717, 1.165) is 13.0 Å². The highest BCUT2D eigenvalue weighted by molar-refractivity contribution is 5.79. The van der Waals surface area contributed by atoms with E-state index in [1.807, 2.05) is 0 Å². The van der Waals surface area contributed by atoms with E-state index in [9.17, 15) is 4.79 Å². The van der Waals surface area contributed by atoms with Crippen molar-refractivity contribution in [1.82, 2.24) is 0 Å². The first kappa shape index (κ1) is 12.6. The van der Waals surface area contributed by atoms with E-state index in [4.69, 9.17) is 9.47 Å². The number of ketones is 1. The predicted octanol–water partition coefficient (Wildman–Crippen LogP) is 1.65. The van der Waals surface area contributed by atoms with Crippen LogP contribution in [0.2, 0.25) is 0 Å². The number of hydrogen-bond acceptors (Lipinski definition) is 3. The average Bonchev–Trinajstić information content (AvgIpc) is 2.03. The van der Waals surface area contributed by atoms with Gasteiger partial charge in [0.25, 0.3) is 0 Å². The summed E-state index contributed by atoms with van der Waals surface area (Å²) in [5, 5.41) is 0. The number of methoxy groups -OCH3 is 1. The van der Waals surface area contributed by atoms with E-state index < -0.39 is 0 Å². The highest BCUT2D eigenvalue weighted by atomic mass is 16.5. The Morgan fingerprint density at radius 3 is 2.62 bits per heavy atom. The standard InChI is InChI=1S/C10H20O3/c1-9(2)7-13-6-4-5-10(11)8-12-3/h9H,4-8H2,1-3H3. The highest BCUT2D eigenvalue weighted by Gasteiger charge is 2.00. The lowest BCUT2D eigenvalue weighted by molar-refractivity contribution is -0.123. The molecule has 78 valence electrons. The van der Waals surface area contributed by atoms with Crippen molar-refractivity contribution in [1.29, 1.82) is 0 Å². The Morgan fingerprint density at radius 1 is 1.38 bits per heavy atom. The van der Waals surface area contributed by atoms with Crippen molar-refractivity contribution in [2.75, 3.05) is 26.9 Å². The quantitative estimate of drug-likeness (QED) is 0.543. The SMILES string of the molecule is COCC(=O)CCCOCC(C)C. The molecule has 0 spiro atoms. The molecule has 0 atom stereocenters. The van der Waals surface area contributed by atoms with Crippen molar-refractivity contribution in [3.05, 3.63) is 0 Å². The van der Waals surface area contributed by atoms with Crippen LogP contribution in [0, 0.1) is 5.92 Å². The fourth-order valence-corrected chi connectivity index (χ4v) is 0.924. The van der Waals surface area contributed by atoms with Gasteiger partial charge in [-0.1, -0.05) is 13.8 Å². The summed E-state index contributed by atoms with van der Waals surface area (Å²) in [4.78, 5) is 11.0. The van der Waals surface area contributed by atoms with Crippen LogP contribution in [0.4, 0.5) is 0 Å². The zero-order chi connectivity index (χ0) is 10.1. The van der Waals surface area contributed by atoms with E-state index in [1.165, 1.54) is 7.11 Å². The van der Waals surface area contributed by atoms with Crippen LogP contribution in [0.5, 0.6) is 0 Å². The maximum absolute atomic E-state index is 11.0. The summed E-state index contributed by atoms with van der Waals surface area (Å²) in [5.41, 5.74) is 0. The maximum Gasteiger partial charge on any atom is 0.158 e. The Morgan fingerprint density at radius 2 is 2.08 bits per heavy atom. The van der Waals surface area contributed by atoms with E-state index in [2.05, 4.69) is 13.8 Å². The molecule has 3 nitrogen and oxygen atoms in total. The Balaban J connectivity index is 3.11. The number of ether oxygens (including phenoxy) is 2. The summed E-state index contributed by atoms with van der Waals surface area (Å²) < 4.78 is 10.0. The fourth-order valence-electron chi connectivity index (χ4n) is 0.924. The van der Waals surface area contributed by atoms with Crippen molar-refractivity contribution < 1.29 is 14.3 Å². The molecule has 0 bridgehead atoms.